The van der Waals surface area contributed by atoms with Crippen molar-refractivity contribution in [2.45, 2.75) is 20.0 Å². The van der Waals surface area contributed by atoms with Crippen LogP contribution in [0.4, 0.5) is 0 Å². The van der Waals surface area contributed by atoms with Crippen molar-refractivity contribution in [1.82, 2.24) is 0 Å². The number of benzene rings is 1. The lowest BCUT2D eigenvalue weighted by molar-refractivity contribution is -0.149. The van der Waals surface area contributed by atoms with Gasteiger partial charge in [-0.05, 0) is 26.0 Å². The zero-order chi connectivity index (χ0) is 13.8. The third-order valence-electron chi connectivity index (χ3n) is 2.35. The molecule has 0 saturated heterocycles. The predicted molar refractivity (Wildman–Crippen MR) is 67.7 cm³/mol. The highest BCUT2D eigenvalue weighted by atomic mass is 16.6. The van der Waals surface area contributed by atoms with Crippen LogP contribution in [0.3, 0.4) is 0 Å². The fourth-order valence-electron chi connectivity index (χ4n) is 1.67. The van der Waals surface area contributed by atoms with Crippen LogP contribution >= 0.6 is 0 Å². The Morgan fingerprint density at radius 2 is 2.16 bits per heavy atom. The topological polar surface area (TPSA) is 72.5 Å². The van der Waals surface area contributed by atoms with Crippen molar-refractivity contribution in [2.75, 3.05) is 6.61 Å². The molecule has 2 rings (SSSR count). The molecule has 0 unspecified atom stereocenters. The minimum Gasteiger partial charge on any atom is -0.476 e. The van der Waals surface area contributed by atoms with Crippen molar-refractivity contribution >= 4 is 16.9 Å². The SMILES string of the molecule is CC(C)OC(=O)COc1c(C#N)oc2ccccc12. The van der Waals surface area contributed by atoms with Crippen LogP contribution in [-0.4, -0.2) is 18.7 Å². The van der Waals surface area contributed by atoms with E-state index < -0.39 is 5.97 Å². The van der Waals surface area contributed by atoms with Crippen molar-refractivity contribution in [3.63, 3.8) is 0 Å². The number of rotatable bonds is 4. The van der Waals surface area contributed by atoms with Gasteiger partial charge in [-0.15, -0.1) is 0 Å². The summed E-state index contributed by atoms with van der Waals surface area (Å²) >= 11 is 0. The standard InChI is InChI=1S/C14H13NO4/c1-9(2)18-13(16)8-17-14-10-5-3-4-6-11(10)19-12(14)7-15/h3-6,9H,8H2,1-2H3. The molecule has 1 heterocycles. The van der Waals surface area contributed by atoms with Gasteiger partial charge in [0, 0.05) is 0 Å². The normalized spacial score (nSPS) is 10.4. The molecule has 0 amide bonds. The average Bonchev–Trinajstić information content (AvgIpc) is 2.73. The van der Waals surface area contributed by atoms with E-state index in [-0.39, 0.29) is 24.2 Å². The van der Waals surface area contributed by atoms with Crippen LogP contribution < -0.4 is 4.74 Å². The second-order valence-corrected chi connectivity index (χ2v) is 4.20. The lowest BCUT2D eigenvalue weighted by Gasteiger charge is -2.08. The number of hydrogen-bond donors (Lipinski definition) is 0. The van der Waals surface area contributed by atoms with Crippen LogP contribution in [0.5, 0.6) is 5.75 Å². The van der Waals surface area contributed by atoms with E-state index in [1.54, 1.807) is 38.1 Å². The molecule has 0 bridgehead atoms. The zero-order valence-electron chi connectivity index (χ0n) is 10.7. The number of carbonyl (C=O) groups excluding carboxylic acids is 1. The molecule has 0 atom stereocenters. The van der Waals surface area contributed by atoms with Gasteiger partial charge in [-0.2, -0.15) is 5.26 Å². The highest BCUT2D eigenvalue weighted by molar-refractivity contribution is 5.86. The van der Waals surface area contributed by atoms with Crippen molar-refractivity contribution < 1.29 is 18.7 Å². The molecule has 0 saturated carbocycles. The Morgan fingerprint density at radius 3 is 2.84 bits per heavy atom. The van der Waals surface area contributed by atoms with Gasteiger partial charge in [0.25, 0.3) is 0 Å². The molecule has 0 radical (unpaired) electrons. The molecule has 0 N–H and O–H groups in total. The van der Waals surface area contributed by atoms with Crippen molar-refractivity contribution in [2.24, 2.45) is 0 Å². The number of ether oxygens (including phenoxy) is 2. The second-order valence-electron chi connectivity index (χ2n) is 4.20. The monoisotopic (exact) mass is 259 g/mol. The third kappa shape index (κ3) is 2.86. The predicted octanol–water partition coefficient (Wildman–Crippen LogP) is 2.63. The fourth-order valence-corrected chi connectivity index (χ4v) is 1.67. The van der Waals surface area contributed by atoms with Gasteiger partial charge in [0.1, 0.15) is 11.7 Å². The van der Waals surface area contributed by atoms with Crippen LogP contribution in [0.1, 0.15) is 19.6 Å². The summed E-state index contributed by atoms with van der Waals surface area (Å²) in [5, 5.41) is 9.65. The van der Waals surface area contributed by atoms with Gasteiger partial charge in [0.2, 0.25) is 5.76 Å². The van der Waals surface area contributed by atoms with Gasteiger partial charge >= 0.3 is 5.97 Å². The minimum atomic E-state index is -0.482. The van der Waals surface area contributed by atoms with E-state index in [9.17, 15) is 4.79 Å². The maximum atomic E-state index is 11.4. The second kappa shape index (κ2) is 5.44. The minimum absolute atomic E-state index is 0.0542. The molecule has 0 aliphatic carbocycles. The molecule has 5 nitrogen and oxygen atoms in total. The lowest BCUT2D eigenvalue weighted by atomic mass is 10.2. The molecule has 1 aromatic carbocycles. The van der Waals surface area contributed by atoms with E-state index >= 15 is 0 Å². The Morgan fingerprint density at radius 1 is 1.42 bits per heavy atom. The summed E-state index contributed by atoms with van der Waals surface area (Å²) in [6.45, 7) is 3.26. The first-order valence-electron chi connectivity index (χ1n) is 5.85. The van der Waals surface area contributed by atoms with Crippen LogP contribution in [0.2, 0.25) is 0 Å². The number of para-hydroxylation sites is 1. The first-order valence-corrected chi connectivity index (χ1v) is 5.85. The first-order chi connectivity index (χ1) is 9.11. The number of fused-ring (bicyclic) bond motifs is 1. The van der Waals surface area contributed by atoms with Crippen LogP contribution in [0.25, 0.3) is 11.0 Å². The molecule has 1 aromatic heterocycles. The maximum Gasteiger partial charge on any atom is 0.344 e. The highest BCUT2D eigenvalue weighted by Gasteiger charge is 2.17. The van der Waals surface area contributed by atoms with Gasteiger partial charge in [-0.25, -0.2) is 4.79 Å². The molecule has 0 aliphatic heterocycles. The molecule has 5 heteroatoms. The molecule has 0 spiro atoms. The summed E-state index contributed by atoms with van der Waals surface area (Å²) in [5.74, 6) is -0.151. The van der Waals surface area contributed by atoms with Gasteiger partial charge < -0.3 is 13.9 Å². The summed E-state index contributed by atoms with van der Waals surface area (Å²) in [4.78, 5) is 11.4. The Kier molecular flexibility index (Phi) is 3.71. The number of furan rings is 1. The molecule has 2 aromatic rings. The summed E-state index contributed by atoms with van der Waals surface area (Å²) < 4.78 is 15.6. The number of nitriles is 1. The molecular weight excluding hydrogens is 246 g/mol. The van der Waals surface area contributed by atoms with E-state index in [4.69, 9.17) is 19.2 Å². The highest BCUT2D eigenvalue weighted by Crippen LogP contribution is 2.32. The Hall–Kier alpha value is -2.48. The summed E-state index contributed by atoms with van der Waals surface area (Å²) in [7, 11) is 0. The molecular formula is C14H13NO4. The summed E-state index contributed by atoms with van der Waals surface area (Å²) in [6.07, 6.45) is -0.201. The van der Waals surface area contributed by atoms with E-state index in [1.165, 1.54) is 0 Å². The summed E-state index contributed by atoms with van der Waals surface area (Å²) in [5.41, 5.74) is 0.547. The van der Waals surface area contributed by atoms with Crippen LogP contribution in [0.15, 0.2) is 28.7 Å². The number of carbonyl (C=O) groups is 1. The number of esters is 1. The van der Waals surface area contributed by atoms with Gasteiger partial charge in [0.15, 0.2) is 12.4 Å². The van der Waals surface area contributed by atoms with E-state index in [1.807, 2.05) is 6.07 Å². The summed E-state index contributed by atoms with van der Waals surface area (Å²) in [6, 6.07) is 9.00. The maximum absolute atomic E-state index is 11.4. The Bertz CT molecular complexity index is 636. The first kappa shape index (κ1) is 13.0. The molecule has 98 valence electrons. The smallest absolute Gasteiger partial charge is 0.344 e. The lowest BCUT2D eigenvalue weighted by Crippen LogP contribution is -2.18. The molecule has 0 aliphatic rings. The number of nitrogens with zero attached hydrogens (tertiary/aromatic N) is 1. The Labute approximate surface area is 110 Å². The largest absolute Gasteiger partial charge is 0.476 e. The number of hydrogen-bond acceptors (Lipinski definition) is 5. The molecule has 0 fully saturated rings. The van der Waals surface area contributed by atoms with Crippen molar-refractivity contribution in [3.05, 3.63) is 30.0 Å². The third-order valence-corrected chi connectivity index (χ3v) is 2.35. The van der Waals surface area contributed by atoms with Gasteiger partial charge in [-0.1, -0.05) is 12.1 Å². The average molecular weight is 259 g/mol. The van der Waals surface area contributed by atoms with E-state index in [0.717, 1.165) is 0 Å². The Balaban J connectivity index is 2.20. The van der Waals surface area contributed by atoms with Crippen LogP contribution in [0, 0.1) is 11.3 Å². The molecule has 19 heavy (non-hydrogen) atoms. The quantitative estimate of drug-likeness (QED) is 0.789. The van der Waals surface area contributed by atoms with Crippen molar-refractivity contribution in [1.29, 1.82) is 5.26 Å². The van der Waals surface area contributed by atoms with Crippen molar-refractivity contribution in [3.8, 4) is 11.8 Å². The zero-order valence-corrected chi connectivity index (χ0v) is 10.7. The fraction of sp³-hybridized carbons (Fsp3) is 0.286. The van der Waals surface area contributed by atoms with Crippen LogP contribution in [-0.2, 0) is 9.53 Å². The van der Waals surface area contributed by atoms with Gasteiger partial charge in [-0.3, -0.25) is 0 Å². The van der Waals surface area contributed by atoms with E-state index in [0.29, 0.717) is 11.0 Å². The van der Waals surface area contributed by atoms with E-state index in [2.05, 4.69) is 0 Å². The van der Waals surface area contributed by atoms with Gasteiger partial charge in [0.05, 0.1) is 11.5 Å².